The number of nitrogens with one attached hydrogen (secondary N) is 1. The second kappa shape index (κ2) is 4.06. The van der Waals surface area contributed by atoms with Crippen molar-refractivity contribution in [1.82, 2.24) is 5.43 Å². The molecule has 0 aliphatic heterocycles. The molecule has 0 saturated carbocycles. The summed E-state index contributed by atoms with van der Waals surface area (Å²) in [4.78, 5) is 0. The molecule has 0 radical (unpaired) electrons. The first-order valence-electron chi connectivity index (χ1n) is 3.64. The summed E-state index contributed by atoms with van der Waals surface area (Å²) in [6, 6.07) is 7.47. The average molecular weight is 167 g/mol. The van der Waals surface area contributed by atoms with Gasteiger partial charge >= 0.3 is 0 Å². The number of hydrogen-bond acceptors (Lipinski definition) is 4. The molecule has 5 N–H and O–H groups in total. The normalized spacial score (nSPS) is 12.6. The summed E-state index contributed by atoms with van der Waals surface area (Å²) in [7, 11) is 1.60. The molecule has 1 rings (SSSR count). The smallest absolute Gasteiger partial charge is 0.125 e. The van der Waals surface area contributed by atoms with Crippen LogP contribution in [-0.2, 0) is 0 Å². The van der Waals surface area contributed by atoms with Gasteiger partial charge in [-0.25, -0.2) is 5.43 Å². The van der Waals surface area contributed by atoms with Crippen LogP contribution in [0.25, 0.3) is 0 Å². The Labute approximate surface area is 71.5 Å². The van der Waals surface area contributed by atoms with E-state index < -0.39 is 0 Å². The molecule has 0 spiro atoms. The SMILES string of the molecule is COc1ccccc1C(N)NN. The van der Waals surface area contributed by atoms with E-state index in [1.807, 2.05) is 24.3 Å². The van der Waals surface area contributed by atoms with Gasteiger partial charge in [0.15, 0.2) is 0 Å². The fourth-order valence-corrected chi connectivity index (χ4v) is 1.01. The molecule has 0 aliphatic carbocycles. The molecular weight excluding hydrogens is 154 g/mol. The summed E-state index contributed by atoms with van der Waals surface area (Å²) in [6.45, 7) is 0. The summed E-state index contributed by atoms with van der Waals surface area (Å²) in [5, 5.41) is 0. The van der Waals surface area contributed by atoms with Crippen molar-refractivity contribution in [1.29, 1.82) is 0 Å². The lowest BCUT2D eigenvalue weighted by molar-refractivity contribution is 0.400. The van der Waals surface area contributed by atoms with Crippen LogP contribution in [0.5, 0.6) is 5.75 Å². The molecule has 4 heteroatoms. The lowest BCUT2D eigenvalue weighted by atomic mass is 10.1. The minimum absolute atomic E-state index is 0.388. The number of hydrogen-bond donors (Lipinski definition) is 3. The van der Waals surface area contributed by atoms with Gasteiger partial charge in [0.25, 0.3) is 0 Å². The van der Waals surface area contributed by atoms with Crippen LogP contribution in [0, 0.1) is 0 Å². The minimum atomic E-state index is -0.388. The van der Waals surface area contributed by atoms with Gasteiger partial charge in [-0.05, 0) is 6.07 Å². The summed E-state index contributed by atoms with van der Waals surface area (Å²) < 4.78 is 5.09. The number of rotatable bonds is 3. The molecule has 0 aliphatic rings. The van der Waals surface area contributed by atoms with Crippen molar-refractivity contribution in [3.63, 3.8) is 0 Å². The molecule has 66 valence electrons. The van der Waals surface area contributed by atoms with Gasteiger partial charge in [0, 0.05) is 5.56 Å². The largest absolute Gasteiger partial charge is 0.496 e. The quantitative estimate of drug-likeness (QED) is 0.339. The Morgan fingerprint density at radius 3 is 2.67 bits per heavy atom. The maximum Gasteiger partial charge on any atom is 0.125 e. The minimum Gasteiger partial charge on any atom is -0.496 e. The third-order valence-electron chi connectivity index (χ3n) is 1.65. The van der Waals surface area contributed by atoms with Crippen LogP contribution in [0.1, 0.15) is 11.7 Å². The first-order valence-corrected chi connectivity index (χ1v) is 3.64. The van der Waals surface area contributed by atoms with Crippen molar-refractivity contribution in [3.8, 4) is 5.75 Å². The Balaban J connectivity index is 2.96. The van der Waals surface area contributed by atoms with E-state index in [4.69, 9.17) is 16.3 Å². The molecule has 0 aromatic heterocycles. The highest BCUT2D eigenvalue weighted by Gasteiger charge is 2.07. The Morgan fingerprint density at radius 2 is 2.08 bits per heavy atom. The van der Waals surface area contributed by atoms with E-state index in [0.717, 1.165) is 11.3 Å². The lowest BCUT2D eigenvalue weighted by Gasteiger charge is -2.13. The van der Waals surface area contributed by atoms with Gasteiger partial charge in [-0.15, -0.1) is 0 Å². The van der Waals surface area contributed by atoms with Gasteiger partial charge in [0.2, 0.25) is 0 Å². The predicted molar refractivity (Wildman–Crippen MR) is 47.2 cm³/mol. The number of para-hydroxylation sites is 1. The molecule has 1 unspecified atom stereocenters. The number of nitrogens with two attached hydrogens (primary N) is 2. The zero-order valence-corrected chi connectivity index (χ0v) is 6.95. The maximum absolute atomic E-state index is 5.65. The lowest BCUT2D eigenvalue weighted by Crippen LogP contribution is -2.34. The molecule has 1 aromatic carbocycles. The van der Waals surface area contributed by atoms with Crippen LogP contribution >= 0.6 is 0 Å². The summed E-state index contributed by atoms with van der Waals surface area (Å²) >= 11 is 0. The second-order valence-corrected chi connectivity index (χ2v) is 2.39. The van der Waals surface area contributed by atoms with Crippen molar-refractivity contribution >= 4 is 0 Å². The van der Waals surface area contributed by atoms with Gasteiger partial charge in [0.05, 0.1) is 13.3 Å². The van der Waals surface area contributed by atoms with Gasteiger partial charge in [-0.1, -0.05) is 18.2 Å². The van der Waals surface area contributed by atoms with Crippen LogP contribution in [0.15, 0.2) is 24.3 Å². The Hall–Kier alpha value is -1.10. The first kappa shape index (κ1) is 8.99. The highest BCUT2D eigenvalue weighted by molar-refractivity contribution is 5.35. The van der Waals surface area contributed by atoms with E-state index in [1.54, 1.807) is 7.11 Å². The van der Waals surface area contributed by atoms with E-state index in [-0.39, 0.29) is 6.17 Å². The fraction of sp³-hybridized carbons (Fsp3) is 0.250. The average Bonchev–Trinajstić information content (AvgIpc) is 2.16. The van der Waals surface area contributed by atoms with Gasteiger partial charge < -0.3 is 10.5 Å². The van der Waals surface area contributed by atoms with E-state index >= 15 is 0 Å². The van der Waals surface area contributed by atoms with Gasteiger partial charge in [0.1, 0.15) is 5.75 Å². The maximum atomic E-state index is 5.65. The zero-order valence-electron chi connectivity index (χ0n) is 6.95. The monoisotopic (exact) mass is 167 g/mol. The molecule has 1 aromatic rings. The summed E-state index contributed by atoms with van der Waals surface area (Å²) in [5.74, 6) is 5.94. The highest BCUT2D eigenvalue weighted by atomic mass is 16.5. The van der Waals surface area contributed by atoms with Crippen LogP contribution in [-0.4, -0.2) is 7.11 Å². The van der Waals surface area contributed by atoms with Crippen molar-refractivity contribution in [2.24, 2.45) is 11.6 Å². The van der Waals surface area contributed by atoms with E-state index in [0.29, 0.717) is 0 Å². The third-order valence-corrected chi connectivity index (χ3v) is 1.65. The molecule has 0 saturated heterocycles. The molecule has 4 nitrogen and oxygen atoms in total. The summed E-state index contributed by atoms with van der Waals surface area (Å²) in [5.41, 5.74) is 8.96. The number of ether oxygens (including phenoxy) is 1. The van der Waals surface area contributed by atoms with Gasteiger partial charge in [-0.2, -0.15) is 0 Å². The van der Waals surface area contributed by atoms with Crippen LogP contribution in [0.4, 0.5) is 0 Å². The molecule has 0 heterocycles. The van der Waals surface area contributed by atoms with Crippen LogP contribution < -0.4 is 21.7 Å². The van der Waals surface area contributed by atoms with Crippen molar-refractivity contribution in [3.05, 3.63) is 29.8 Å². The van der Waals surface area contributed by atoms with E-state index in [2.05, 4.69) is 5.43 Å². The number of benzene rings is 1. The van der Waals surface area contributed by atoms with Gasteiger partial charge in [-0.3, -0.25) is 5.84 Å². The fourth-order valence-electron chi connectivity index (χ4n) is 1.01. The molecule has 0 bridgehead atoms. The van der Waals surface area contributed by atoms with E-state index in [1.165, 1.54) is 0 Å². The first-order chi connectivity index (χ1) is 5.79. The number of methoxy groups -OCH3 is 1. The van der Waals surface area contributed by atoms with Crippen molar-refractivity contribution in [2.75, 3.05) is 7.11 Å². The molecule has 12 heavy (non-hydrogen) atoms. The summed E-state index contributed by atoms with van der Waals surface area (Å²) in [6.07, 6.45) is -0.388. The second-order valence-electron chi connectivity index (χ2n) is 2.39. The predicted octanol–water partition coefficient (Wildman–Crippen LogP) is 0.116. The Bertz CT molecular complexity index is 252. The topological polar surface area (TPSA) is 73.3 Å². The molecular formula is C8H13N3O. The van der Waals surface area contributed by atoms with Crippen LogP contribution in [0.2, 0.25) is 0 Å². The van der Waals surface area contributed by atoms with E-state index in [9.17, 15) is 0 Å². The Kier molecular flexibility index (Phi) is 3.04. The Morgan fingerprint density at radius 1 is 1.42 bits per heavy atom. The molecule has 1 atom stereocenters. The van der Waals surface area contributed by atoms with Crippen LogP contribution in [0.3, 0.4) is 0 Å². The number of hydrazine groups is 1. The molecule has 0 fully saturated rings. The van der Waals surface area contributed by atoms with Crippen molar-refractivity contribution in [2.45, 2.75) is 6.17 Å². The third kappa shape index (κ3) is 1.73. The zero-order chi connectivity index (χ0) is 8.97. The molecule has 0 amide bonds. The van der Waals surface area contributed by atoms with Crippen molar-refractivity contribution < 1.29 is 4.74 Å². The highest BCUT2D eigenvalue weighted by Crippen LogP contribution is 2.20. The standard InChI is InChI=1S/C8H13N3O/c1-12-7-5-3-2-4-6(7)8(9)11-10/h2-5,8,11H,9-10H2,1H3.